The summed E-state index contributed by atoms with van der Waals surface area (Å²) in [5.74, 6) is 0.442. The normalized spacial score (nSPS) is 20.3. The molecule has 0 aliphatic carbocycles. The summed E-state index contributed by atoms with van der Waals surface area (Å²) >= 11 is 0. The molecule has 9 heteroatoms. The first-order valence-electron chi connectivity index (χ1n) is 11.0. The van der Waals surface area contributed by atoms with Gasteiger partial charge in [-0.05, 0) is 51.4 Å². The quantitative estimate of drug-likeness (QED) is 0.637. The molecule has 1 aliphatic rings. The molecule has 8 nitrogen and oxygen atoms in total. The van der Waals surface area contributed by atoms with E-state index in [1.807, 2.05) is 32.8 Å². The molecule has 0 fully saturated rings. The molecule has 0 aromatic heterocycles. The van der Waals surface area contributed by atoms with Gasteiger partial charge < -0.3 is 19.6 Å². The van der Waals surface area contributed by atoms with Crippen molar-refractivity contribution in [3.63, 3.8) is 0 Å². The zero-order valence-corrected chi connectivity index (χ0v) is 20.4. The van der Waals surface area contributed by atoms with E-state index < -0.39 is 10.0 Å². The Bertz CT molecular complexity index is 1060. The summed E-state index contributed by atoms with van der Waals surface area (Å²) in [6.45, 7) is 4.82. The van der Waals surface area contributed by atoms with Crippen LogP contribution in [0.3, 0.4) is 0 Å². The third kappa shape index (κ3) is 6.25. The molecule has 0 unspecified atom stereocenters. The lowest BCUT2D eigenvalue weighted by molar-refractivity contribution is -0.134. The van der Waals surface area contributed by atoms with Crippen molar-refractivity contribution in [2.24, 2.45) is 5.92 Å². The van der Waals surface area contributed by atoms with Gasteiger partial charge in [0.2, 0.25) is 5.91 Å². The van der Waals surface area contributed by atoms with Crippen LogP contribution in [0, 0.1) is 5.92 Å². The highest BCUT2D eigenvalue weighted by atomic mass is 32.2. The lowest BCUT2D eigenvalue weighted by Gasteiger charge is -2.33. The molecule has 3 atom stereocenters. The van der Waals surface area contributed by atoms with Crippen LogP contribution in [-0.4, -0.2) is 75.2 Å². The number of rotatable bonds is 7. The van der Waals surface area contributed by atoms with E-state index in [9.17, 15) is 18.3 Å². The average Bonchev–Trinajstić information content (AvgIpc) is 2.81. The summed E-state index contributed by atoms with van der Waals surface area (Å²) in [6.07, 6.45) is -0.146. The number of hydrogen-bond acceptors (Lipinski definition) is 6. The van der Waals surface area contributed by atoms with Crippen LogP contribution < -0.4 is 9.46 Å². The molecule has 1 heterocycles. The van der Waals surface area contributed by atoms with Crippen LogP contribution in [0.5, 0.6) is 5.75 Å². The molecule has 2 aromatic rings. The Morgan fingerprint density at radius 1 is 1.21 bits per heavy atom. The highest BCUT2D eigenvalue weighted by Crippen LogP contribution is 2.30. The molecule has 3 rings (SSSR count). The van der Waals surface area contributed by atoms with Gasteiger partial charge in [0.05, 0.1) is 24.0 Å². The minimum absolute atomic E-state index is 0.0209. The number of nitrogens with zero attached hydrogens (tertiary/aromatic N) is 2. The van der Waals surface area contributed by atoms with Gasteiger partial charge in [-0.3, -0.25) is 9.52 Å². The number of aliphatic hydroxyl groups is 1. The van der Waals surface area contributed by atoms with E-state index in [1.165, 1.54) is 12.1 Å². The fraction of sp³-hybridized carbons (Fsp3) is 0.458. The topological polar surface area (TPSA) is 99.2 Å². The van der Waals surface area contributed by atoms with Gasteiger partial charge in [0.25, 0.3) is 10.0 Å². The number of carbonyl (C=O) groups is 1. The summed E-state index contributed by atoms with van der Waals surface area (Å²) in [7, 11) is 0.159. The summed E-state index contributed by atoms with van der Waals surface area (Å²) in [5, 5.41) is 9.70. The van der Waals surface area contributed by atoms with Crippen molar-refractivity contribution in [1.29, 1.82) is 0 Å². The maximum Gasteiger partial charge on any atom is 0.261 e. The number of nitrogens with one attached hydrogen (secondary N) is 1. The second-order valence-electron chi connectivity index (χ2n) is 8.89. The first kappa shape index (κ1) is 25.0. The van der Waals surface area contributed by atoms with Crippen LogP contribution in [0.15, 0.2) is 53.4 Å². The predicted molar refractivity (Wildman–Crippen MR) is 128 cm³/mol. The molecule has 1 aliphatic heterocycles. The number of sulfonamides is 1. The van der Waals surface area contributed by atoms with Crippen LogP contribution in [-0.2, 0) is 21.2 Å². The molecule has 1 amide bonds. The Morgan fingerprint density at radius 3 is 2.55 bits per heavy atom. The molecular weight excluding hydrogens is 442 g/mol. The SMILES string of the molecule is C[C@H](CO)N1C[C@H](C)[C@H](CN(C)C)Oc2ccc(NS(=O)(=O)c3ccccc3)cc2CC1=O. The second-order valence-corrected chi connectivity index (χ2v) is 10.6. The molecule has 0 spiro atoms. The van der Waals surface area contributed by atoms with Crippen molar-refractivity contribution >= 4 is 21.6 Å². The number of hydrogen-bond donors (Lipinski definition) is 2. The van der Waals surface area contributed by atoms with Gasteiger partial charge in [0.1, 0.15) is 11.9 Å². The lowest BCUT2D eigenvalue weighted by atomic mass is 10.0. The fourth-order valence-electron chi connectivity index (χ4n) is 3.88. The van der Waals surface area contributed by atoms with E-state index in [4.69, 9.17) is 4.74 Å². The number of ether oxygens (including phenoxy) is 1. The molecule has 0 bridgehead atoms. The smallest absolute Gasteiger partial charge is 0.261 e. The molecule has 33 heavy (non-hydrogen) atoms. The summed E-state index contributed by atoms with van der Waals surface area (Å²) < 4.78 is 34.5. The van der Waals surface area contributed by atoms with E-state index in [0.29, 0.717) is 30.1 Å². The molecule has 0 saturated heterocycles. The maximum absolute atomic E-state index is 13.2. The van der Waals surface area contributed by atoms with Crippen LogP contribution in [0.2, 0.25) is 0 Å². The Balaban J connectivity index is 1.97. The van der Waals surface area contributed by atoms with Gasteiger partial charge in [0, 0.05) is 30.3 Å². The molecule has 0 saturated carbocycles. The Labute approximate surface area is 196 Å². The highest BCUT2D eigenvalue weighted by molar-refractivity contribution is 7.92. The van der Waals surface area contributed by atoms with E-state index in [-0.39, 0.29) is 41.9 Å². The van der Waals surface area contributed by atoms with Crippen molar-refractivity contribution in [3.8, 4) is 5.75 Å². The lowest BCUT2D eigenvalue weighted by Crippen LogP contribution is -2.47. The minimum Gasteiger partial charge on any atom is -0.488 e. The van der Waals surface area contributed by atoms with E-state index in [0.717, 1.165) is 0 Å². The van der Waals surface area contributed by atoms with Gasteiger partial charge >= 0.3 is 0 Å². The van der Waals surface area contributed by atoms with Gasteiger partial charge in [-0.2, -0.15) is 0 Å². The Hall–Kier alpha value is -2.62. The van der Waals surface area contributed by atoms with Crippen molar-refractivity contribution in [1.82, 2.24) is 9.80 Å². The number of benzene rings is 2. The number of amides is 1. The summed E-state index contributed by atoms with van der Waals surface area (Å²) in [6, 6.07) is 12.8. The fourth-order valence-corrected chi connectivity index (χ4v) is 4.96. The second kappa shape index (κ2) is 10.5. The number of anilines is 1. The van der Waals surface area contributed by atoms with Crippen LogP contribution >= 0.6 is 0 Å². The van der Waals surface area contributed by atoms with Crippen LogP contribution in [0.4, 0.5) is 5.69 Å². The highest BCUT2D eigenvalue weighted by Gasteiger charge is 2.31. The average molecular weight is 476 g/mol. The maximum atomic E-state index is 13.2. The summed E-state index contributed by atoms with van der Waals surface area (Å²) in [5.41, 5.74) is 0.952. The van der Waals surface area contributed by atoms with Gasteiger partial charge in [-0.1, -0.05) is 25.1 Å². The number of likely N-dealkylation sites (N-methyl/N-ethyl adjacent to an activating group) is 1. The van der Waals surface area contributed by atoms with Gasteiger partial charge in [-0.15, -0.1) is 0 Å². The number of carbonyl (C=O) groups excluding carboxylic acids is 1. The number of aliphatic hydroxyl groups excluding tert-OH is 1. The van der Waals surface area contributed by atoms with Crippen molar-refractivity contribution < 1.29 is 23.1 Å². The van der Waals surface area contributed by atoms with Gasteiger partial charge in [-0.25, -0.2) is 8.42 Å². The molecule has 180 valence electrons. The Morgan fingerprint density at radius 2 is 1.91 bits per heavy atom. The van der Waals surface area contributed by atoms with E-state index in [2.05, 4.69) is 4.72 Å². The zero-order valence-electron chi connectivity index (χ0n) is 19.6. The first-order valence-corrected chi connectivity index (χ1v) is 12.5. The molecule has 0 radical (unpaired) electrons. The van der Waals surface area contributed by atoms with E-state index >= 15 is 0 Å². The minimum atomic E-state index is -3.77. The summed E-state index contributed by atoms with van der Waals surface area (Å²) in [4.78, 5) is 17.1. The zero-order chi connectivity index (χ0) is 24.2. The largest absolute Gasteiger partial charge is 0.488 e. The monoisotopic (exact) mass is 475 g/mol. The Kier molecular flexibility index (Phi) is 7.99. The third-order valence-electron chi connectivity index (χ3n) is 5.77. The first-order chi connectivity index (χ1) is 15.6. The number of fused-ring (bicyclic) bond motifs is 1. The predicted octanol–water partition coefficient (Wildman–Crippen LogP) is 2.20. The van der Waals surface area contributed by atoms with Crippen LogP contribution in [0.25, 0.3) is 0 Å². The third-order valence-corrected chi connectivity index (χ3v) is 7.16. The van der Waals surface area contributed by atoms with Gasteiger partial charge in [0.15, 0.2) is 0 Å². The molecular formula is C24H33N3O5S. The van der Waals surface area contributed by atoms with Crippen molar-refractivity contribution in [3.05, 3.63) is 54.1 Å². The van der Waals surface area contributed by atoms with Crippen molar-refractivity contribution in [2.75, 3.05) is 38.5 Å². The van der Waals surface area contributed by atoms with Crippen LogP contribution in [0.1, 0.15) is 19.4 Å². The standard InChI is InChI=1S/C24H33N3O5S/c1-17-14-27(18(2)16-28)24(29)13-19-12-20(10-11-22(19)32-23(17)15-26(3)4)25-33(30,31)21-8-6-5-7-9-21/h5-12,17-18,23,25,28H,13-16H2,1-4H3/t17-,18+,23-/m0/s1. The molecule has 2 N–H and O–H groups in total. The molecule has 2 aromatic carbocycles. The van der Waals surface area contributed by atoms with E-state index in [1.54, 1.807) is 41.3 Å². The van der Waals surface area contributed by atoms with Crippen molar-refractivity contribution in [2.45, 2.75) is 37.3 Å².